The van der Waals surface area contributed by atoms with Crippen molar-refractivity contribution in [2.75, 3.05) is 19.5 Å². The van der Waals surface area contributed by atoms with Crippen molar-refractivity contribution in [3.8, 4) is 17.6 Å². The van der Waals surface area contributed by atoms with Crippen LogP contribution < -0.4 is 10.5 Å². The molecule has 0 saturated heterocycles. The first-order chi connectivity index (χ1) is 17.6. The summed E-state index contributed by atoms with van der Waals surface area (Å²) in [6.07, 6.45) is 3.74. The number of aryl methyl sites for hydroxylation is 2. The van der Waals surface area contributed by atoms with Crippen LogP contribution in [0.1, 0.15) is 34.4 Å². The van der Waals surface area contributed by atoms with Crippen LogP contribution in [0.25, 0.3) is 11.0 Å². The second kappa shape index (κ2) is 10.8. The van der Waals surface area contributed by atoms with Gasteiger partial charge < -0.3 is 15.0 Å². The molecule has 0 saturated carbocycles. The Morgan fingerprint density at radius 1 is 1.14 bits per heavy atom. The molecule has 0 aliphatic heterocycles. The van der Waals surface area contributed by atoms with Gasteiger partial charge in [0.2, 0.25) is 5.95 Å². The minimum Gasteiger partial charge on any atom is -0.496 e. The molecule has 0 spiro atoms. The second-order valence-electron chi connectivity index (χ2n) is 8.43. The van der Waals surface area contributed by atoms with Crippen molar-refractivity contribution in [3.05, 3.63) is 69.8 Å². The van der Waals surface area contributed by atoms with E-state index in [1.807, 2.05) is 25.3 Å². The summed E-state index contributed by atoms with van der Waals surface area (Å²) < 4.78 is 37.2. The Hall–Kier alpha value is -3.65. The van der Waals surface area contributed by atoms with Gasteiger partial charge in [0.25, 0.3) is 10.1 Å². The number of hydrogen-bond donors (Lipinski definition) is 1. The topological polar surface area (TPSA) is 122 Å². The van der Waals surface area contributed by atoms with E-state index in [9.17, 15) is 8.42 Å². The van der Waals surface area contributed by atoms with E-state index in [0.717, 1.165) is 28.1 Å². The highest BCUT2D eigenvalue weighted by molar-refractivity contribution is 7.86. The third-order valence-corrected chi connectivity index (χ3v) is 7.36. The molecule has 0 unspecified atom stereocenters. The number of pyridine rings is 1. The zero-order valence-electron chi connectivity index (χ0n) is 20.9. The van der Waals surface area contributed by atoms with Gasteiger partial charge in [-0.3, -0.25) is 9.17 Å². The first-order valence-corrected chi connectivity index (χ1v) is 13.1. The van der Waals surface area contributed by atoms with Crippen LogP contribution in [-0.4, -0.2) is 41.7 Å². The number of nitrogen functional groups attached to an aromatic ring is 1. The quantitative estimate of drug-likeness (QED) is 0.160. The summed E-state index contributed by atoms with van der Waals surface area (Å²) in [5, 5.41) is 0.725. The summed E-state index contributed by atoms with van der Waals surface area (Å²) in [7, 11) is -2.23. The number of fused-ring (bicyclic) bond motifs is 1. The maximum absolute atomic E-state index is 12.4. The molecule has 0 radical (unpaired) electrons. The number of benzene rings is 1. The Bertz CT molecular complexity index is 1640. The van der Waals surface area contributed by atoms with Gasteiger partial charge in [-0.25, -0.2) is 4.98 Å². The Labute approximate surface area is 220 Å². The molecule has 3 heterocycles. The number of nitrogens with two attached hydrogens (primary N) is 1. The lowest BCUT2D eigenvalue weighted by molar-refractivity contribution is 0.326. The summed E-state index contributed by atoms with van der Waals surface area (Å²) in [5.41, 5.74) is 10.6. The number of nitrogens with zero attached hydrogens (tertiary/aromatic N) is 4. The van der Waals surface area contributed by atoms with E-state index >= 15 is 0 Å². The molecule has 1 aromatic carbocycles. The highest BCUT2D eigenvalue weighted by Gasteiger charge is 2.18. The number of rotatable bonds is 7. The number of methoxy groups -OCH3 is 1. The standard InChI is InChI=1S/C26H26ClN5O4S/c1-16-8-10-20(11-9-16)37(33,34)36-12-6-5-7-19-14-32(25-22(19)24(27)30-26(28)31-25)15-21-18(3)23(35-4)17(2)13-29-21/h8-11,13-14H,6,12,15H2,1-4H3,(H2,28,30,31). The van der Waals surface area contributed by atoms with Gasteiger partial charge in [-0.15, -0.1) is 0 Å². The Kier molecular flexibility index (Phi) is 7.68. The molecular weight excluding hydrogens is 514 g/mol. The lowest BCUT2D eigenvalue weighted by Crippen LogP contribution is -2.07. The predicted molar refractivity (Wildman–Crippen MR) is 142 cm³/mol. The van der Waals surface area contributed by atoms with Crippen molar-refractivity contribution < 1.29 is 17.3 Å². The normalized spacial score (nSPS) is 11.4. The average Bonchev–Trinajstić information content (AvgIpc) is 3.18. The van der Waals surface area contributed by atoms with E-state index in [1.165, 1.54) is 12.1 Å². The van der Waals surface area contributed by atoms with Gasteiger partial charge in [0, 0.05) is 29.9 Å². The number of aromatic nitrogens is 4. The molecule has 9 nitrogen and oxygen atoms in total. The van der Waals surface area contributed by atoms with Crippen molar-refractivity contribution in [2.45, 2.75) is 38.6 Å². The second-order valence-corrected chi connectivity index (χ2v) is 10.4. The van der Waals surface area contributed by atoms with Gasteiger partial charge in [-0.05, 0) is 32.9 Å². The van der Waals surface area contributed by atoms with Crippen molar-refractivity contribution >= 4 is 38.7 Å². The monoisotopic (exact) mass is 539 g/mol. The van der Waals surface area contributed by atoms with Crippen LogP contribution in [0.5, 0.6) is 5.75 Å². The van der Waals surface area contributed by atoms with E-state index in [-0.39, 0.29) is 29.0 Å². The minimum atomic E-state index is -3.86. The Balaban J connectivity index is 1.58. The fourth-order valence-corrected chi connectivity index (χ4v) is 5.08. The van der Waals surface area contributed by atoms with Crippen molar-refractivity contribution in [3.63, 3.8) is 0 Å². The summed E-state index contributed by atoms with van der Waals surface area (Å²) in [6.45, 7) is 6.05. The van der Waals surface area contributed by atoms with Crippen LogP contribution in [0.15, 0.2) is 41.6 Å². The number of halogens is 1. The number of anilines is 1. The minimum absolute atomic E-state index is 0.0391. The van der Waals surface area contributed by atoms with Crippen LogP contribution >= 0.6 is 11.6 Å². The highest BCUT2D eigenvalue weighted by Crippen LogP contribution is 2.29. The van der Waals surface area contributed by atoms with Gasteiger partial charge >= 0.3 is 0 Å². The summed E-state index contributed by atoms with van der Waals surface area (Å²) in [6, 6.07) is 6.46. The van der Waals surface area contributed by atoms with Gasteiger partial charge in [0.1, 0.15) is 16.5 Å². The highest BCUT2D eigenvalue weighted by atomic mass is 35.5. The molecule has 192 valence electrons. The molecule has 4 rings (SSSR count). The summed E-state index contributed by atoms with van der Waals surface area (Å²) in [5.74, 6) is 6.80. The first kappa shape index (κ1) is 26.4. The number of hydrogen-bond acceptors (Lipinski definition) is 8. The molecular formula is C26H26ClN5O4S. The summed E-state index contributed by atoms with van der Waals surface area (Å²) >= 11 is 6.41. The van der Waals surface area contributed by atoms with Crippen molar-refractivity contribution in [1.29, 1.82) is 0 Å². The van der Waals surface area contributed by atoms with Gasteiger partial charge in [-0.2, -0.15) is 13.4 Å². The third kappa shape index (κ3) is 5.69. The van der Waals surface area contributed by atoms with Crippen molar-refractivity contribution in [2.24, 2.45) is 0 Å². The van der Waals surface area contributed by atoms with E-state index in [4.69, 9.17) is 26.3 Å². The molecule has 0 atom stereocenters. The van der Waals surface area contributed by atoms with Gasteiger partial charge in [0.15, 0.2) is 0 Å². The maximum Gasteiger partial charge on any atom is 0.297 e. The van der Waals surface area contributed by atoms with Crippen LogP contribution in [0.2, 0.25) is 5.15 Å². The van der Waals surface area contributed by atoms with E-state index in [0.29, 0.717) is 23.1 Å². The number of ether oxygens (including phenoxy) is 1. The fourth-order valence-electron chi connectivity index (χ4n) is 3.90. The average molecular weight is 540 g/mol. The summed E-state index contributed by atoms with van der Waals surface area (Å²) in [4.78, 5) is 13.1. The Morgan fingerprint density at radius 2 is 1.86 bits per heavy atom. The van der Waals surface area contributed by atoms with Gasteiger partial charge in [-0.1, -0.05) is 41.1 Å². The Morgan fingerprint density at radius 3 is 2.57 bits per heavy atom. The van der Waals surface area contributed by atoms with Crippen LogP contribution in [-0.2, 0) is 20.8 Å². The van der Waals surface area contributed by atoms with Crippen LogP contribution in [0.4, 0.5) is 5.95 Å². The van der Waals surface area contributed by atoms with Crippen molar-refractivity contribution in [1.82, 2.24) is 19.5 Å². The van der Waals surface area contributed by atoms with E-state index in [1.54, 1.807) is 31.6 Å². The molecule has 0 fully saturated rings. The van der Waals surface area contributed by atoms with Crippen LogP contribution in [0, 0.1) is 32.6 Å². The molecule has 4 aromatic rings. The zero-order valence-corrected chi connectivity index (χ0v) is 22.4. The third-order valence-electron chi connectivity index (χ3n) is 5.76. The van der Waals surface area contributed by atoms with E-state index < -0.39 is 10.1 Å². The maximum atomic E-state index is 12.4. The molecule has 11 heteroatoms. The molecule has 3 aromatic heterocycles. The molecule has 0 bridgehead atoms. The first-order valence-electron chi connectivity index (χ1n) is 11.4. The molecule has 0 aliphatic carbocycles. The molecule has 0 amide bonds. The zero-order chi connectivity index (χ0) is 26.7. The van der Waals surface area contributed by atoms with Gasteiger partial charge in [0.05, 0.1) is 41.8 Å². The fraction of sp³-hybridized carbons (Fsp3) is 0.269. The SMILES string of the molecule is COc1c(C)cnc(Cn2cc(C#CCCOS(=O)(=O)c3ccc(C)cc3)c3c(Cl)nc(N)nc32)c1C. The smallest absolute Gasteiger partial charge is 0.297 e. The lowest BCUT2D eigenvalue weighted by Gasteiger charge is -2.13. The molecule has 37 heavy (non-hydrogen) atoms. The van der Waals surface area contributed by atoms with E-state index in [2.05, 4.69) is 26.8 Å². The van der Waals surface area contributed by atoms with Crippen LogP contribution in [0.3, 0.4) is 0 Å². The lowest BCUT2D eigenvalue weighted by atomic mass is 10.1. The molecule has 0 aliphatic rings. The predicted octanol–water partition coefficient (Wildman–Crippen LogP) is 4.19. The molecule has 2 N–H and O–H groups in total. The largest absolute Gasteiger partial charge is 0.496 e.